The molecule has 3 rings (SSSR count). The molecule has 36 heavy (non-hydrogen) atoms. The van der Waals surface area contributed by atoms with Crippen LogP contribution in [0.5, 0.6) is 0 Å². The van der Waals surface area contributed by atoms with Crippen molar-refractivity contribution in [3.05, 3.63) is 11.3 Å². The number of likely N-dealkylation sites (N-methyl/N-ethyl adjacent to an activating group) is 1. The maximum absolute atomic E-state index is 12.9. The predicted molar refractivity (Wildman–Crippen MR) is 144 cm³/mol. The second-order valence-electron chi connectivity index (χ2n) is 8.38. The van der Waals surface area contributed by atoms with Gasteiger partial charge in [-0.2, -0.15) is 0 Å². The molecule has 2 amide bonds. The molecule has 2 atom stereocenters. The van der Waals surface area contributed by atoms with Crippen LogP contribution in [0.25, 0.3) is 0 Å². The quantitative estimate of drug-likeness (QED) is 0.111. The third-order valence-corrected chi connectivity index (χ3v) is 8.50. The van der Waals surface area contributed by atoms with Gasteiger partial charge in [-0.25, -0.2) is 0 Å². The van der Waals surface area contributed by atoms with Gasteiger partial charge in [0.25, 0.3) is 0 Å². The molecule has 0 aromatic heterocycles. The van der Waals surface area contributed by atoms with Crippen LogP contribution < -0.4 is 11.1 Å². The van der Waals surface area contributed by atoms with Crippen LogP contribution in [0.15, 0.2) is 31.3 Å². The summed E-state index contributed by atoms with van der Waals surface area (Å²) >= 11 is 7.27. The third-order valence-electron chi connectivity index (χ3n) is 6.08. The first kappa shape index (κ1) is 28.4. The fraction of sp³-hybridized carbons (Fsp3) is 0.571. The number of hydrogen-bond acceptors (Lipinski definition) is 9. The van der Waals surface area contributed by atoms with Gasteiger partial charge >= 0.3 is 165 Å². The molecule has 0 spiro atoms. The number of hydrazone groups is 1. The molecule has 2 fully saturated rings. The van der Waals surface area contributed by atoms with Gasteiger partial charge in [0, 0.05) is 40.3 Å². The number of carbonyl (C=O) groups is 2. The molecule has 0 radical (unpaired) electrons. The van der Waals surface area contributed by atoms with Gasteiger partial charge in [0.2, 0.25) is 5.96 Å². The van der Waals surface area contributed by atoms with Crippen LogP contribution in [-0.4, -0.2) is 130 Å². The number of thioether (sulfide) groups is 1. The fourth-order valence-corrected chi connectivity index (χ4v) is 6.81. The molecule has 15 heteroatoms. The predicted octanol–water partition coefficient (Wildman–Crippen LogP) is -1.58. The second-order valence-corrected chi connectivity index (χ2v) is 11.3. The third kappa shape index (κ3) is 6.21. The number of amidine groups is 1. The summed E-state index contributed by atoms with van der Waals surface area (Å²) in [6.45, 7) is 5.66. The summed E-state index contributed by atoms with van der Waals surface area (Å²) in [7, 11) is 7.25. The van der Waals surface area contributed by atoms with E-state index in [0.717, 1.165) is 62.8 Å². The number of nitrogens with one attached hydrogen (secondary N) is 1. The van der Waals surface area contributed by atoms with Crippen LogP contribution >= 0.6 is 11.8 Å². The van der Waals surface area contributed by atoms with E-state index in [4.69, 9.17) is 18.4 Å². The Labute approximate surface area is 232 Å². The van der Waals surface area contributed by atoms with Crippen LogP contribution in [0.3, 0.4) is 0 Å². The van der Waals surface area contributed by atoms with E-state index in [1.165, 1.54) is 7.05 Å². The van der Waals surface area contributed by atoms with E-state index in [0.29, 0.717) is 9.77 Å². The average Bonchev–Trinajstić information content (AvgIpc) is 2.83. The SMILES string of the molecule is CN=C(C(=O)N[C@@H]1C(=O)N2C(C)=C(/C=N/N(C)C(=NC)N3CCN(C)CC3)CS[C@H]12)[C](=[W])N=C(N)[S-]. The molecule has 3 aliphatic heterocycles. The summed E-state index contributed by atoms with van der Waals surface area (Å²) in [5.74, 6) is 0.841. The average molecular weight is 704 g/mol. The Balaban J connectivity index is 1.65. The summed E-state index contributed by atoms with van der Waals surface area (Å²) in [6.07, 6.45) is 1.79. The molecule has 0 aromatic carbocycles. The van der Waals surface area contributed by atoms with Gasteiger partial charge in [0.1, 0.15) is 0 Å². The van der Waals surface area contributed by atoms with Gasteiger partial charge in [-0.15, -0.1) is 0 Å². The van der Waals surface area contributed by atoms with E-state index in [9.17, 15) is 9.59 Å². The van der Waals surface area contributed by atoms with Crippen LogP contribution in [0.2, 0.25) is 0 Å². The van der Waals surface area contributed by atoms with Crippen molar-refractivity contribution in [3.63, 3.8) is 0 Å². The van der Waals surface area contributed by atoms with Gasteiger partial charge in [-0.3, -0.25) is 4.99 Å². The monoisotopic (exact) mass is 703 g/mol. The molecule has 0 aromatic rings. The normalized spacial score (nSPS) is 24.1. The van der Waals surface area contributed by atoms with Gasteiger partial charge in [-0.05, 0) is 7.05 Å². The molecule has 0 bridgehead atoms. The van der Waals surface area contributed by atoms with Crippen LogP contribution in [0, 0.1) is 0 Å². The number of allylic oxidation sites excluding steroid dienone is 1. The van der Waals surface area contributed by atoms with Gasteiger partial charge in [0.05, 0.1) is 0 Å². The number of amides is 2. The van der Waals surface area contributed by atoms with E-state index >= 15 is 0 Å². The molecule has 0 aliphatic carbocycles. The molecule has 3 aliphatic rings. The van der Waals surface area contributed by atoms with Gasteiger partial charge in [-0.1, -0.05) is 0 Å². The van der Waals surface area contributed by atoms with Crippen LogP contribution in [0.1, 0.15) is 6.92 Å². The topological polar surface area (TPSA) is 135 Å². The van der Waals surface area contributed by atoms with Gasteiger partial charge < -0.3 is 9.80 Å². The maximum atomic E-state index is 12.9. The Kier molecular flexibility index (Phi) is 9.78. The molecule has 12 nitrogen and oxygen atoms in total. The van der Waals surface area contributed by atoms with E-state index in [2.05, 4.69) is 42.2 Å². The molecule has 196 valence electrons. The molecule has 3 heterocycles. The van der Waals surface area contributed by atoms with Crippen molar-refractivity contribution in [3.8, 4) is 0 Å². The Morgan fingerprint density at radius 1 is 1.28 bits per heavy atom. The number of β-lactam (4-membered cyclic amide) rings is 1. The molecule has 0 unspecified atom stereocenters. The summed E-state index contributed by atoms with van der Waals surface area (Å²) in [4.78, 5) is 44.3. The number of nitrogens with two attached hydrogens (primary N) is 1. The standard InChI is InChI=1S/C21H32N10O2S2.W/c1-13-14(10-26-29(5)21(24-3)30-8-6-28(4)7-9-30)12-35-19-16(18(33)31(13)19)27-17(32)15(23-2)11-25-20(22)34;/h10,16,19,34H,6-9,12,22H2,1-5H3,(H,27,32);/p-1/b23-15?,24-21?,26-10+;/t16-,19-;/m1./s1. The minimum atomic E-state index is -0.640. The van der Waals surface area contributed by atoms with E-state index < -0.39 is 11.9 Å². The number of rotatable bonds is 6. The molecule has 2 saturated heterocycles. The number of fused-ring (bicyclic) bond motifs is 1. The Morgan fingerprint density at radius 2 is 1.94 bits per heavy atom. The van der Waals surface area contributed by atoms with Crippen molar-refractivity contribution in [1.29, 1.82) is 0 Å². The number of piperazine rings is 1. The van der Waals surface area contributed by atoms with Crippen molar-refractivity contribution in [2.24, 2.45) is 25.8 Å². The zero-order valence-electron chi connectivity index (χ0n) is 21.0. The molecule has 0 saturated carbocycles. The summed E-state index contributed by atoms with van der Waals surface area (Å²) in [6, 6.07) is -0.640. The van der Waals surface area contributed by atoms with Crippen molar-refractivity contribution in [2.45, 2.75) is 18.3 Å². The first-order valence-corrected chi connectivity index (χ1v) is 14.2. The van der Waals surface area contributed by atoms with E-state index in [1.54, 1.807) is 34.9 Å². The summed E-state index contributed by atoms with van der Waals surface area (Å²) in [5, 5.41) is 8.93. The van der Waals surface area contributed by atoms with Gasteiger partial charge in [0.15, 0.2) is 0 Å². The van der Waals surface area contributed by atoms with Crippen molar-refractivity contribution in [2.75, 3.05) is 60.1 Å². The van der Waals surface area contributed by atoms with Crippen LogP contribution in [0.4, 0.5) is 0 Å². The van der Waals surface area contributed by atoms with Crippen molar-refractivity contribution in [1.82, 2.24) is 25.0 Å². The molecular formula is C21H31N10O2S2W-. The zero-order chi connectivity index (χ0) is 26.6. The Morgan fingerprint density at radius 3 is 2.53 bits per heavy atom. The molecular weight excluding hydrogens is 672 g/mol. The summed E-state index contributed by atoms with van der Waals surface area (Å²) in [5.41, 5.74) is 7.36. The van der Waals surface area contributed by atoms with E-state index in [1.807, 2.05) is 14.0 Å². The Bertz CT molecular complexity index is 1060. The first-order chi connectivity index (χ1) is 17.1. The number of nitrogens with zero attached hydrogens (tertiary/aromatic N) is 8. The fourth-order valence-electron chi connectivity index (χ4n) is 4.05. The zero-order valence-corrected chi connectivity index (χ0v) is 25.5. The Hall–Kier alpha value is -2.15. The summed E-state index contributed by atoms with van der Waals surface area (Å²) < 4.78 is 0.382. The second kappa shape index (κ2) is 12.4. The molecule has 3 N–H and O–H groups in total. The minimum absolute atomic E-state index is 0.0656. The van der Waals surface area contributed by atoms with Crippen molar-refractivity contribution < 1.29 is 28.9 Å². The van der Waals surface area contributed by atoms with Crippen molar-refractivity contribution >= 4 is 63.3 Å². The number of aliphatic imine (C=N–C) groups is 3. The first-order valence-electron chi connectivity index (χ1n) is 11.2. The number of hydrogen-bond donors (Lipinski definition) is 2. The van der Waals surface area contributed by atoms with Crippen LogP contribution in [-0.2, 0) is 41.6 Å². The number of carbonyl (C=O) groups excluding carboxylic acids is 2. The number of guanidine groups is 1. The van der Waals surface area contributed by atoms with E-state index in [-0.39, 0.29) is 22.2 Å².